The molecule has 1 aliphatic rings. The quantitative estimate of drug-likeness (QED) is 0.829. The molecular weight excluding hydrogens is 256 g/mol. The Balaban J connectivity index is 2.10. The van der Waals surface area contributed by atoms with E-state index >= 15 is 0 Å². The van der Waals surface area contributed by atoms with E-state index in [0.717, 1.165) is 19.5 Å². The number of rotatable bonds is 6. The van der Waals surface area contributed by atoms with Gasteiger partial charge in [-0.05, 0) is 45.0 Å². The second kappa shape index (κ2) is 7.14. The zero-order valence-corrected chi connectivity index (χ0v) is 12.1. The second-order valence-electron chi connectivity index (χ2n) is 4.69. The average molecular weight is 278 g/mol. The van der Waals surface area contributed by atoms with Gasteiger partial charge >= 0.3 is 0 Å². The van der Waals surface area contributed by atoms with Gasteiger partial charge in [-0.25, -0.2) is 0 Å². The largest absolute Gasteiger partial charge is 0.490 e. The lowest BCUT2D eigenvalue weighted by Crippen LogP contribution is -2.36. The Bertz CT molecular complexity index is 456. The van der Waals surface area contributed by atoms with Gasteiger partial charge < -0.3 is 20.1 Å². The van der Waals surface area contributed by atoms with Crippen molar-refractivity contribution in [2.24, 2.45) is 0 Å². The molecule has 0 aromatic heterocycles. The normalized spacial score (nSPS) is 17.8. The fourth-order valence-electron chi connectivity index (χ4n) is 2.24. The van der Waals surface area contributed by atoms with Gasteiger partial charge in [0.1, 0.15) is 0 Å². The van der Waals surface area contributed by atoms with E-state index in [0.29, 0.717) is 30.3 Å². The lowest BCUT2D eigenvalue weighted by atomic mass is 10.1. The fraction of sp³-hybridized carbons (Fsp3) is 0.533. The molecule has 0 bridgehead atoms. The number of hydrogen-bond donors (Lipinski definition) is 2. The maximum Gasteiger partial charge on any atom is 0.251 e. The van der Waals surface area contributed by atoms with E-state index in [2.05, 4.69) is 10.6 Å². The van der Waals surface area contributed by atoms with E-state index in [1.54, 1.807) is 18.2 Å². The first-order valence-corrected chi connectivity index (χ1v) is 7.15. The standard InChI is InChI=1S/C15H22N2O3/c1-3-19-13-6-5-11(9-14(13)20-4-2)15(18)17-12-7-8-16-10-12/h5-6,9,12,16H,3-4,7-8,10H2,1-2H3,(H,17,18). The van der Waals surface area contributed by atoms with Crippen LogP contribution in [0.2, 0.25) is 0 Å². The zero-order chi connectivity index (χ0) is 14.4. The highest BCUT2D eigenvalue weighted by molar-refractivity contribution is 5.95. The average Bonchev–Trinajstić information content (AvgIpc) is 2.94. The van der Waals surface area contributed by atoms with Gasteiger partial charge in [-0.3, -0.25) is 4.79 Å². The number of ether oxygens (including phenoxy) is 2. The molecule has 1 unspecified atom stereocenters. The highest BCUT2D eigenvalue weighted by Gasteiger charge is 2.18. The van der Waals surface area contributed by atoms with Gasteiger partial charge in [-0.2, -0.15) is 0 Å². The van der Waals surface area contributed by atoms with E-state index in [4.69, 9.17) is 9.47 Å². The summed E-state index contributed by atoms with van der Waals surface area (Å²) in [4.78, 5) is 12.2. The lowest BCUT2D eigenvalue weighted by Gasteiger charge is -2.14. The van der Waals surface area contributed by atoms with E-state index in [9.17, 15) is 4.79 Å². The summed E-state index contributed by atoms with van der Waals surface area (Å²) >= 11 is 0. The third-order valence-corrected chi connectivity index (χ3v) is 3.20. The van der Waals surface area contributed by atoms with E-state index in [-0.39, 0.29) is 11.9 Å². The summed E-state index contributed by atoms with van der Waals surface area (Å²) < 4.78 is 11.0. The molecule has 2 N–H and O–H groups in total. The second-order valence-corrected chi connectivity index (χ2v) is 4.69. The first-order chi connectivity index (χ1) is 9.74. The SMILES string of the molecule is CCOc1ccc(C(=O)NC2CCNC2)cc1OCC. The Morgan fingerprint density at radius 2 is 2.05 bits per heavy atom. The minimum atomic E-state index is -0.0669. The molecule has 1 amide bonds. The third kappa shape index (κ3) is 3.63. The number of amides is 1. The molecule has 0 saturated carbocycles. The van der Waals surface area contributed by atoms with Crippen molar-refractivity contribution in [2.75, 3.05) is 26.3 Å². The molecule has 0 radical (unpaired) electrons. The van der Waals surface area contributed by atoms with Crippen LogP contribution < -0.4 is 20.1 Å². The van der Waals surface area contributed by atoms with Crippen LogP contribution in [0.25, 0.3) is 0 Å². The van der Waals surface area contributed by atoms with Crippen molar-refractivity contribution in [1.82, 2.24) is 10.6 Å². The minimum Gasteiger partial charge on any atom is -0.490 e. The van der Waals surface area contributed by atoms with Gasteiger partial charge in [0.25, 0.3) is 5.91 Å². The van der Waals surface area contributed by atoms with Crippen molar-refractivity contribution in [1.29, 1.82) is 0 Å². The van der Waals surface area contributed by atoms with Crippen LogP contribution in [-0.2, 0) is 0 Å². The van der Waals surface area contributed by atoms with Crippen LogP contribution in [0, 0.1) is 0 Å². The number of hydrogen-bond acceptors (Lipinski definition) is 4. The molecule has 1 aromatic carbocycles. The summed E-state index contributed by atoms with van der Waals surface area (Å²) in [6, 6.07) is 5.51. The molecular formula is C15H22N2O3. The van der Waals surface area contributed by atoms with Gasteiger partial charge in [-0.1, -0.05) is 0 Å². The Hall–Kier alpha value is -1.75. The minimum absolute atomic E-state index is 0.0669. The molecule has 1 aromatic rings. The monoisotopic (exact) mass is 278 g/mol. The summed E-state index contributed by atoms with van der Waals surface area (Å²) in [5, 5.41) is 6.25. The van der Waals surface area contributed by atoms with Gasteiger partial charge in [0.15, 0.2) is 11.5 Å². The molecule has 1 aliphatic heterocycles. The smallest absolute Gasteiger partial charge is 0.251 e. The number of carbonyl (C=O) groups is 1. The Morgan fingerprint density at radius 1 is 1.30 bits per heavy atom. The van der Waals surface area contributed by atoms with Gasteiger partial charge in [0.2, 0.25) is 0 Å². The summed E-state index contributed by atoms with van der Waals surface area (Å²) in [6.07, 6.45) is 0.973. The lowest BCUT2D eigenvalue weighted by molar-refractivity contribution is 0.0939. The molecule has 5 heteroatoms. The topological polar surface area (TPSA) is 59.6 Å². The van der Waals surface area contributed by atoms with Crippen LogP contribution in [-0.4, -0.2) is 38.3 Å². The van der Waals surface area contributed by atoms with E-state index in [1.165, 1.54) is 0 Å². The Morgan fingerprint density at radius 3 is 2.70 bits per heavy atom. The summed E-state index contributed by atoms with van der Waals surface area (Å²) in [6.45, 7) is 6.73. The van der Waals surface area contributed by atoms with Crippen LogP contribution in [0.3, 0.4) is 0 Å². The Kier molecular flexibility index (Phi) is 5.24. The highest BCUT2D eigenvalue weighted by Crippen LogP contribution is 2.28. The number of benzene rings is 1. The van der Waals surface area contributed by atoms with Crippen LogP contribution in [0.4, 0.5) is 0 Å². The maximum absolute atomic E-state index is 12.2. The Labute approximate surface area is 119 Å². The predicted octanol–water partition coefficient (Wildman–Crippen LogP) is 1.58. The fourth-order valence-corrected chi connectivity index (χ4v) is 2.24. The predicted molar refractivity (Wildman–Crippen MR) is 77.5 cm³/mol. The van der Waals surface area contributed by atoms with Gasteiger partial charge in [-0.15, -0.1) is 0 Å². The molecule has 5 nitrogen and oxygen atoms in total. The molecule has 0 aliphatic carbocycles. The van der Waals surface area contributed by atoms with Crippen molar-refractivity contribution in [3.05, 3.63) is 23.8 Å². The molecule has 2 rings (SSSR count). The van der Waals surface area contributed by atoms with Crippen molar-refractivity contribution < 1.29 is 14.3 Å². The van der Waals surface area contributed by atoms with Crippen LogP contribution in [0.15, 0.2) is 18.2 Å². The van der Waals surface area contributed by atoms with E-state index in [1.807, 2.05) is 13.8 Å². The maximum atomic E-state index is 12.2. The van der Waals surface area contributed by atoms with Crippen LogP contribution >= 0.6 is 0 Å². The van der Waals surface area contributed by atoms with Crippen molar-refractivity contribution in [2.45, 2.75) is 26.3 Å². The molecule has 1 saturated heterocycles. The van der Waals surface area contributed by atoms with Crippen molar-refractivity contribution in [3.63, 3.8) is 0 Å². The first-order valence-electron chi connectivity index (χ1n) is 7.15. The molecule has 1 heterocycles. The number of nitrogens with one attached hydrogen (secondary N) is 2. The molecule has 20 heavy (non-hydrogen) atoms. The zero-order valence-electron chi connectivity index (χ0n) is 12.1. The first kappa shape index (κ1) is 14.7. The molecule has 0 spiro atoms. The van der Waals surface area contributed by atoms with Crippen LogP contribution in [0.1, 0.15) is 30.6 Å². The van der Waals surface area contributed by atoms with E-state index < -0.39 is 0 Å². The molecule has 110 valence electrons. The number of carbonyl (C=O) groups excluding carboxylic acids is 1. The van der Waals surface area contributed by atoms with Crippen molar-refractivity contribution in [3.8, 4) is 11.5 Å². The van der Waals surface area contributed by atoms with Gasteiger partial charge in [0.05, 0.1) is 13.2 Å². The molecule has 1 atom stereocenters. The van der Waals surface area contributed by atoms with Crippen LogP contribution in [0.5, 0.6) is 11.5 Å². The highest BCUT2D eigenvalue weighted by atomic mass is 16.5. The van der Waals surface area contributed by atoms with Gasteiger partial charge in [0, 0.05) is 18.2 Å². The summed E-state index contributed by atoms with van der Waals surface area (Å²) in [7, 11) is 0. The third-order valence-electron chi connectivity index (χ3n) is 3.20. The molecule has 1 fully saturated rings. The van der Waals surface area contributed by atoms with Crippen molar-refractivity contribution >= 4 is 5.91 Å². The summed E-state index contributed by atoms with van der Waals surface area (Å²) in [5.74, 6) is 1.22. The summed E-state index contributed by atoms with van der Waals surface area (Å²) in [5.41, 5.74) is 0.601.